The fourth-order valence-corrected chi connectivity index (χ4v) is 2.62. The third-order valence-electron chi connectivity index (χ3n) is 4.20. The van der Waals surface area contributed by atoms with Crippen molar-refractivity contribution < 1.29 is 9.84 Å². The second kappa shape index (κ2) is 7.14. The minimum absolute atomic E-state index is 0.130. The van der Waals surface area contributed by atoms with Gasteiger partial charge in [0.1, 0.15) is 12.4 Å². The molecular formula is C17H28N2O2. The summed E-state index contributed by atoms with van der Waals surface area (Å²) < 4.78 is 6.00. The lowest BCUT2D eigenvalue weighted by molar-refractivity contribution is 0.0851. The number of anilines is 1. The monoisotopic (exact) mass is 292 g/mol. The van der Waals surface area contributed by atoms with E-state index >= 15 is 0 Å². The molecule has 0 bridgehead atoms. The van der Waals surface area contributed by atoms with Crippen LogP contribution in [-0.4, -0.2) is 44.5 Å². The largest absolute Gasteiger partial charge is 0.491 e. The van der Waals surface area contributed by atoms with Crippen molar-refractivity contribution in [3.8, 4) is 5.75 Å². The van der Waals surface area contributed by atoms with Crippen LogP contribution in [0.2, 0.25) is 0 Å². The van der Waals surface area contributed by atoms with Gasteiger partial charge >= 0.3 is 0 Å². The molecule has 1 aliphatic carbocycles. The van der Waals surface area contributed by atoms with Gasteiger partial charge in [0, 0.05) is 25.8 Å². The molecule has 0 spiro atoms. The lowest BCUT2D eigenvalue weighted by Crippen LogP contribution is -2.55. The molecule has 1 aromatic carbocycles. The molecule has 1 saturated carbocycles. The number of aliphatic hydroxyl groups excluding tert-OH is 1. The predicted octanol–water partition coefficient (Wildman–Crippen LogP) is 2.27. The van der Waals surface area contributed by atoms with E-state index in [0.717, 1.165) is 24.4 Å². The first-order chi connectivity index (χ1) is 10.1. The average Bonchev–Trinajstić information content (AvgIpc) is 3.33. The molecule has 0 aliphatic heterocycles. The Morgan fingerprint density at radius 3 is 2.71 bits per heavy atom. The molecule has 1 aromatic rings. The summed E-state index contributed by atoms with van der Waals surface area (Å²) in [5, 5.41) is 13.4. The van der Waals surface area contributed by atoms with E-state index in [1.807, 2.05) is 32.3 Å². The van der Waals surface area contributed by atoms with Crippen molar-refractivity contribution in [2.45, 2.75) is 31.7 Å². The van der Waals surface area contributed by atoms with Crippen molar-refractivity contribution in [1.29, 1.82) is 0 Å². The number of hydrogen-bond donors (Lipinski definition) is 2. The second-order valence-corrected chi connectivity index (χ2v) is 6.20. The van der Waals surface area contributed by atoms with Gasteiger partial charge in [0.05, 0.1) is 12.1 Å². The molecule has 0 saturated heterocycles. The standard InChI is InChI=1S/C17H28N2O2/c1-4-10-18-17(12-20,14-8-9-14)13-21-16-7-5-6-15(11-16)19(2)3/h5-7,11,14,18,20H,4,8-10,12-13H2,1-3H3. The fourth-order valence-electron chi connectivity index (χ4n) is 2.62. The van der Waals surface area contributed by atoms with Crippen LogP contribution < -0.4 is 15.0 Å². The summed E-state index contributed by atoms with van der Waals surface area (Å²) >= 11 is 0. The number of hydrogen-bond acceptors (Lipinski definition) is 4. The first-order valence-electron chi connectivity index (χ1n) is 7.87. The Balaban J connectivity index is 2.02. The summed E-state index contributed by atoms with van der Waals surface area (Å²) in [5.41, 5.74) is 0.833. The number of benzene rings is 1. The van der Waals surface area contributed by atoms with Crippen LogP contribution in [0.3, 0.4) is 0 Å². The van der Waals surface area contributed by atoms with Crippen molar-refractivity contribution in [2.75, 3.05) is 38.8 Å². The predicted molar refractivity (Wildman–Crippen MR) is 87.1 cm³/mol. The maximum Gasteiger partial charge on any atom is 0.121 e. The third-order valence-corrected chi connectivity index (χ3v) is 4.20. The molecule has 1 fully saturated rings. The number of ether oxygens (including phenoxy) is 1. The van der Waals surface area contributed by atoms with Gasteiger partial charge in [-0.3, -0.25) is 0 Å². The third kappa shape index (κ3) is 4.11. The van der Waals surface area contributed by atoms with Crippen LogP contribution in [0.15, 0.2) is 24.3 Å². The molecule has 118 valence electrons. The van der Waals surface area contributed by atoms with E-state index in [1.165, 1.54) is 12.8 Å². The summed E-state index contributed by atoms with van der Waals surface area (Å²) in [6, 6.07) is 8.07. The van der Waals surface area contributed by atoms with Crippen LogP contribution >= 0.6 is 0 Å². The normalized spacial score (nSPS) is 17.3. The van der Waals surface area contributed by atoms with Crippen LogP contribution in [0.1, 0.15) is 26.2 Å². The Morgan fingerprint density at radius 1 is 1.38 bits per heavy atom. The highest BCUT2D eigenvalue weighted by Gasteiger charge is 2.45. The Morgan fingerprint density at radius 2 is 2.14 bits per heavy atom. The highest BCUT2D eigenvalue weighted by Crippen LogP contribution is 2.40. The molecule has 1 aliphatic rings. The zero-order valence-electron chi connectivity index (χ0n) is 13.4. The Bertz CT molecular complexity index is 446. The summed E-state index contributed by atoms with van der Waals surface area (Å²) in [7, 11) is 4.04. The number of aliphatic hydroxyl groups is 1. The van der Waals surface area contributed by atoms with Crippen molar-refractivity contribution in [2.24, 2.45) is 5.92 Å². The molecule has 0 radical (unpaired) electrons. The molecule has 2 rings (SSSR count). The maximum atomic E-state index is 9.88. The van der Waals surface area contributed by atoms with Crippen LogP contribution in [0.25, 0.3) is 0 Å². The summed E-state index contributed by atoms with van der Waals surface area (Å²) in [6.07, 6.45) is 3.42. The minimum atomic E-state index is -0.288. The average molecular weight is 292 g/mol. The highest BCUT2D eigenvalue weighted by molar-refractivity contribution is 5.49. The van der Waals surface area contributed by atoms with Gasteiger partial charge in [-0.1, -0.05) is 13.0 Å². The molecule has 0 amide bonds. The van der Waals surface area contributed by atoms with E-state index < -0.39 is 0 Å². The first-order valence-corrected chi connectivity index (χ1v) is 7.87. The van der Waals surface area contributed by atoms with Gasteiger partial charge in [-0.15, -0.1) is 0 Å². The van der Waals surface area contributed by atoms with Crippen molar-refractivity contribution in [1.82, 2.24) is 5.32 Å². The van der Waals surface area contributed by atoms with Gasteiger partial charge in [0.2, 0.25) is 0 Å². The van der Waals surface area contributed by atoms with E-state index in [4.69, 9.17) is 4.74 Å². The van der Waals surface area contributed by atoms with Crippen LogP contribution in [-0.2, 0) is 0 Å². The van der Waals surface area contributed by atoms with Crippen LogP contribution in [0.4, 0.5) is 5.69 Å². The lowest BCUT2D eigenvalue weighted by atomic mass is 9.95. The lowest BCUT2D eigenvalue weighted by Gasteiger charge is -2.33. The van der Waals surface area contributed by atoms with E-state index in [-0.39, 0.29) is 12.1 Å². The molecule has 0 heterocycles. The van der Waals surface area contributed by atoms with Gasteiger partial charge in [-0.25, -0.2) is 0 Å². The molecule has 4 nitrogen and oxygen atoms in total. The Labute approximate surface area is 128 Å². The molecule has 4 heteroatoms. The molecule has 2 N–H and O–H groups in total. The van der Waals surface area contributed by atoms with E-state index in [2.05, 4.69) is 23.2 Å². The van der Waals surface area contributed by atoms with E-state index in [0.29, 0.717) is 12.5 Å². The molecule has 1 unspecified atom stereocenters. The number of nitrogens with one attached hydrogen (secondary N) is 1. The Kier molecular flexibility index (Phi) is 5.48. The zero-order chi connectivity index (χ0) is 15.3. The molecule has 0 aromatic heterocycles. The fraction of sp³-hybridized carbons (Fsp3) is 0.647. The summed E-state index contributed by atoms with van der Waals surface area (Å²) in [6.45, 7) is 3.71. The zero-order valence-corrected chi connectivity index (χ0v) is 13.4. The van der Waals surface area contributed by atoms with Crippen molar-refractivity contribution in [3.63, 3.8) is 0 Å². The minimum Gasteiger partial charge on any atom is -0.491 e. The SMILES string of the molecule is CCCNC(CO)(COc1cccc(N(C)C)c1)C1CC1. The van der Waals surface area contributed by atoms with E-state index in [9.17, 15) is 5.11 Å². The van der Waals surface area contributed by atoms with Crippen LogP contribution in [0, 0.1) is 5.92 Å². The molecular weight excluding hydrogens is 264 g/mol. The van der Waals surface area contributed by atoms with Gasteiger partial charge in [0.25, 0.3) is 0 Å². The van der Waals surface area contributed by atoms with Crippen molar-refractivity contribution >= 4 is 5.69 Å². The smallest absolute Gasteiger partial charge is 0.121 e. The van der Waals surface area contributed by atoms with Crippen molar-refractivity contribution in [3.05, 3.63) is 24.3 Å². The number of nitrogens with zero attached hydrogens (tertiary/aromatic N) is 1. The topological polar surface area (TPSA) is 44.7 Å². The highest BCUT2D eigenvalue weighted by atomic mass is 16.5. The second-order valence-electron chi connectivity index (χ2n) is 6.20. The van der Waals surface area contributed by atoms with Crippen LogP contribution in [0.5, 0.6) is 5.75 Å². The molecule has 21 heavy (non-hydrogen) atoms. The quantitative estimate of drug-likeness (QED) is 0.733. The maximum absolute atomic E-state index is 9.88. The molecule has 1 atom stereocenters. The van der Waals surface area contributed by atoms with Gasteiger partial charge in [0.15, 0.2) is 0 Å². The summed E-state index contributed by atoms with van der Waals surface area (Å²) in [5.74, 6) is 1.39. The first kappa shape index (κ1) is 16.1. The number of rotatable bonds is 9. The van der Waals surface area contributed by atoms with E-state index in [1.54, 1.807) is 0 Å². The Hall–Kier alpha value is -1.26. The van der Waals surface area contributed by atoms with Gasteiger partial charge in [-0.2, -0.15) is 0 Å². The van der Waals surface area contributed by atoms with Gasteiger partial charge < -0.3 is 20.1 Å². The van der Waals surface area contributed by atoms with Gasteiger partial charge in [-0.05, 0) is 43.9 Å². The summed E-state index contributed by atoms with van der Waals surface area (Å²) in [4.78, 5) is 2.06.